The Bertz CT molecular complexity index is 508. The fourth-order valence-electron chi connectivity index (χ4n) is 3.76. The van der Waals surface area contributed by atoms with Crippen LogP contribution < -0.4 is 0 Å². The third-order valence-electron chi connectivity index (χ3n) is 4.46. The van der Waals surface area contributed by atoms with Crippen LogP contribution in [0.2, 0.25) is 0 Å². The van der Waals surface area contributed by atoms with Crippen molar-refractivity contribution in [3.8, 4) is 0 Å². The van der Waals surface area contributed by atoms with Crippen molar-refractivity contribution in [1.29, 1.82) is 0 Å². The SMILES string of the molecule is CN(C)CC(C)(C)CN(C)C(=O)c1cc2c(s1)CCCCCC2. The highest BCUT2D eigenvalue weighted by Crippen LogP contribution is 2.29. The van der Waals surface area contributed by atoms with Crippen molar-refractivity contribution < 1.29 is 4.79 Å². The quantitative estimate of drug-likeness (QED) is 0.809. The minimum absolute atomic E-state index is 0.0970. The maximum atomic E-state index is 12.8. The zero-order valence-corrected chi connectivity index (χ0v) is 16.3. The zero-order chi connectivity index (χ0) is 17.0. The van der Waals surface area contributed by atoms with Gasteiger partial charge in [0.15, 0.2) is 0 Å². The van der Waals surface area contributed by atoms with Crippen molar-refractivity contribution in [2.75, 3.05) is 34.2 Å². The van der Waals surface area contributed by atoms with Crippen molar-refractivity contribution in [2.24, 2.45) is 5.41 Å². The van der Waals surface area contributed by atoms with Gasteiger partial charge in [0.1, 0.15) is 0 Å². The number of amides is 1. The largest absolute Gasteiger partial charge is 0.340 e. The molecule has 23 heavy (non-hydrogen) atoms. The van der Waals surface area contributed by atoms with Crippen LogP contribution in [0.1, 0.15) is 59.6 Å². The second-order valence-electron chi connectivity index (χ2n) is 8.04. The number of thiophene rings is 1. The molecule has 0 aliphatic heterocycles. The first-order chi connectivity index (χ1) is 10.8. The minimum atomic E-state index is 0.0970. The predicted octanol–water partition coefficient (Wildman–Crippen LogP) is 4.07. The Balaban J connectivity index is 2.06. The summed E-state index contributed by atoms with van der Waals surface area (Å²) in [6.45, 7) is 6.22. The maximum absolute atomic E-state index is 12.8. The van der Waals surface area contributed by atoms with E-state index in [1.807, 2.05) is 11.9 Å². The highest BCUT2D eigenvalue weighted by Gasteiger charge is 2.25. The summed E-state index contributed by atoms with van der Waals surface area (Å²) < 4.78 is 0. The Morgan fingerprint density at radius 1 is 1.09 bits per heavy atom. The number of hydrogen-bond donors (Lipinski definition) is 0. The van der Waals surface area contributed by atoms with Gasteiger partial charge < -0.3 is 9.80 Å². The molecular formula is C19H32N2OS. The Kier molecular flexibility index (Phi) is 6.26. The van der Waals surface area contributed by atoms with E-state index in [4.69, 9.17) is 0 Å². The van der Waals surface area contributed by atoms with Gasteiger partial charge in [-0.2, -0.15) is 0 Å². The minimum Gasteiger partial charge on any atom is -0.340 e. The molecule has 4 heteroatoms. The lowest BCUT2D eigenvalue weighted by atomic mass is 9.92. The molecule has 0 bridgehead atoms. The van der Waals surface area contributed by atoms with Crippen LogP contribution in [0.15, 0.2) is 6.07 Å². The Morgan fingerprint density at radius 3 is 2.39 bits per heavy atom. The summed E-state index contributed by atoms with van der Waals surface area (Å²) in [6, 6.07) is 2.17. The van der Waals surface area contributed by atoms with Gasteiger partial charge in [-0.25, -0.2) is 0 Å². The number of fused-ring (bicyclic) bond motifs is 1. The second-order valence-corrected chi connectivity index (χ2v) is 9.17. The third kappa shape index (κ3) is 5.32. The van der Waals surface area contributed by atoms with Crippen LogP contribution in [-0.2, 0) is 12.8 Å². The monoisotopic (exact) mass is 336 g/mol. The molecule has 0 saturated carbocycles. The standard InChI is InChI=1S/C19H32N2OS/c1-19(2,13-20(3)4)14-21(5)18(22)17-12-15-10-8-6-7-9-11-16(15)23-17/h12H,6-11,13-14H2,1-5H3. The van der Waals surface area contributed by atoms with Crippen LogP contribution in [0, 0.1) is 5.41 Å². The summed E-state index contributed by atoms with van der Waals surface area (Å²) in [7, 11) is 6.11. The van der Waals surface area contributed by atoms with Crippen LogP contribution >= 0.6 is 11.3 Å². The van der Waals surface area contributed by atoms with Crippen molar-refractivity contribution >= 4 is 17.2 Å². The van der Waals surface area contributed by atoms with Gasteiger partial charge in [-0.3, -0.25) is 4.79 Å². The predicted molar refractivity (Wildman–Crippen MR) is 99.5 cm³/mol. The maximum Gasteiger partial charge on any atom is 0.263 e. The smallest absolute Gasteiger partial charge is 0.263 e. The summed E-state index contributed by atoms with van der Waals surface area (Å²) in [5, 5.41) is 0. The lowest BCUT2D eigenvalue weighted by Crippen LogP contribution is -2.40. The lowest BCUT2D eigenvalue weighted by molar-refractivity contribution is 0.0718. The van der Waals surface area contributed by atoms with Crippen LogP contribution in [0.4, 0.5) is 0 Å². The molecule has 0 saturated heterocycles. The first-order valence-corrected chi connectivity index (χ1v) is 9.62. The molecule has 0 unspecified atom stereocenters. The van der Waals surface area contributed by atoms with Crippen molar-refractivity contribution in [3.63, 3.8) is 0 Å². The molecule has 2 rings (SSSR count). The third-order valence-corrected chi connectivity index (χ3v) is 5.69. The number of aryl methyl sites for hydroxylation is 2. The van der Waals surface area contributed by atoms with Crippen molar-refractivity contribution in [2.45, 2.75) is 52.4 Å². The Morgan fingerprint density at radius 2 is 1.74 bits per heavy atom. The molecule has 0 N–H and O–H groups in total. The summed E-state index contributed by atoms with van der Waals surface area (Å²) in [5.41, 5.74) is 1.53. The first-order valence-electron chi connectivity index (χ1n) is 8.80. The molecule has 1 aromatic heterocycles. The molecule has 1 aromatic rings. The van der Waals surface area contributed by atoms with E-state index < -0.39 is 0 Å². The molecule has 3 nitrogen and oxygen atoms in total. The number of nitrogens with zero attached hydrogens (tertiary/aromatic N) is 2. The fourth-order valence-corrected chi connectivity index (χ4v) is 5.01. The molecule has 0 radical (unpaired) electrons. The van der Waals surface area contributed by atoms with Gasteiger partial charge in [-0.15, -0.1) is 11.3 Å². The fraction of sp³-hybridized carbons (Fsp3) is 0.737. The van der Waals surface area contributed by atoms with Crippen LogP contribution in [0.25, 0.3) is 0 Å². The van der Waals surface area contributed by atoms with Gasteiger partial charge in [-0.1, -0.05) is 26.7 Å². The van der Waals surface area contributed by atoms with Crippen LogP contribution in [0.3, 0.4) is 0 Å². The number of hydrogen-bond acceptors (Lipinski definition) is 3. The summed E-state index contributed by atoms with van der Waals surface area (Å²) in [4.78, 5) is 19.3. The van der Waals surface area contributed by atoms with E-state index in [9.17, 15) is 4.79 Å². The normalized spacial score (nSPS) is 15.9. The average molecular weight is 337 g/mol. The highest BCUT2D eigenvalue weighted by molar-refractivity contribution is 7.14. The van der Waals surface area contributed by atoms with E-state index in [2.05, 4.69) is 38.9 Å². The molecule has 1 aliphatic rings. The molecule has 1 heterocycles. The van der Waals surface area contributed by atoms with E-state index in [1.54, 1.807) is 11.3 Å². The zero-order valence-electron chi connectivity index (χ0n) is 15.4. The highest BCUT2D eigenvalue weighted by atomic mass is 32.1. The number of rotatable bonds is 5. The summed E-state index contributed by atoms with van der Waals surface area (Å²) in [5.74, 6) is 0.188. The Labute approximate surface area is 145 Å². The van der Waals surface area contributed by atoms with E-state index >= 15 is 0 Å². The van der Waals surface area contributed by atoms with E-state index in [-0.39, 0.29) is 11.3 Å². The molecule has 0 atom stereocenters. The molecule has 1 amide bonds. The van der Waals surface area contributed by atoms with Crippen molar-refractivity contribution in [1.82, 2.24) is 9.80 Å². The van der Waals surface area contributed by atoms with Gasteiger partial charge in [0, 0.05) is 25.0 Å². The topological polar surface area (TPSA) is 23.6 Å². The van der Waals surface area contributed by atoms with Crippen LogP contribution in [0.5, 0.6) is 0 Å². The van der Waals surface area contributed by atoms with Gasteiger partial charge in [0.05, 0.1) is 4.88 Å². The molecule has 0 spiro atoms. The lowest BCUT2D eigenvalue weighted by Gasteiger charge is -2.32. The van der Waals surface area contributed by atoms with Gasteiger partial charge in [-0.05, 0) is 56.8 Å². The number of carbonyl (C=O) groups excluding carboxylic acids is 1. The molecule has 0 aromatic carbocycles. The van der Waals surface area contributed by atoms with Crippen LogP contribution in [-0.4, -0.2) is 49.9 Å². The van der Waals surface area contributed by atoms with Gasteiger partial charge in [0.25, 0.3) is 5.91 Å². The summed E-state index contributed by atoms with van der Waals surface area (Å²) >= 11 is 1.73. The Hall–Kier alpha value is -0.870. The van der Waals surface area contributed by atoms with Crippen molar-refractivity contribution in [3.05, 3.63) is 21.4 Å². The second kappa shape index (κ2) is 7.80. The first kappa shape index (κ1) is 18.5. The average Bonchev–Trinajstić information content (AvgIpc) is 2.78. The van der Waals surface area contributed by atoms with Gasteiger partial charge in [0.2, 0.25) is 0 Å². The molecular weight excluding hydrogens is 304 g/mol. The van der Waals surface area contributed by atoms with E-state index in [0.29, 0.717) is 0 Å². The number of carbonyl (C=O) groups is 1. The van der Waals surface area contributed by atoms with E-state index in [1.165, 1.54) is 36.1 Å². The summed E-state index contributed by atoms with van der Waals surface area (Å²) in [6.07, 6.45) is 7.50. The van der Waals surface area contributed by atoms with Gasteiger partial charge >= 0.3 is 0 Å². The molecule has 1 aliphatic carbocycles. The molecule has 130 valence electrons. The van der Waals surface area contributed by atoms with E-state index in [0.717, 1.165) is 30.8 Å². The molecule has 0 fully saturated rings.